The summed E-state index contributed by atoms with van der Waals surface area (Å²) in [5.74, 6) is 3.85. The molecule has 0 radical (unpaired) electrons. The Kier molecular flexibility index (Phi) is 12.4. The number of benzene rings is 6. The molecular weight excluding hydrogens is 979 g/mol. The standard InChI is InChI=1S/C24H26N3O.C22H26N3O.C21H23N3O/c1-5-15-13-19-23(17-7-3-11-26(9-1)21(15)17)28-24-18-8-4-12-27-10-2-6-16(22(18)27)14-20(24)25-19;1-3-24(4-2)16-9-10-18-20(14-16)26-22-17-8-6-12-25-11-5-7-15(21(17)25)13-19(22)23-18;1-3-22-16-12-19-17(10-13(16)2)23-18-11-14-6-4-8-24-9-5-7-15(20(14)24)21(18)25-19/h13-14H,1-12H2;9-10,13-14H,3-8,11-12H2,1-2H3;10-12H,3-9H2,1-2H3/q2*+1;. The molecule has 11 heterocycles. The Labute approximate surface area is 463 Å². The Hall–Kier alpha value is -7.08. The number of rotatable bonds is 3. The summed E-state index contributed by atoms with van der Waals surface area (Å²) in [5, 5.41) is 4.76. The number of fused-ring (bicyclic) bond motifs is 10. The van der Waals surface area contributed by atoms with Crippen molar-refractivity contribution in [2.45, 2.75) is 130 Å². The highest BCUT2D eigenvalue weighted by Crippen LogP contribution is 2.49. The second-order valence-corrected chi connectivity index (χ2v) is 23.7. The molecule has 4 aromatic rings. The van der Waals surface area contributed by atoms with Gasteiger partial charge in [-0.05, 0) is 176 Å². The second kappa shape index (κ2) is 19.9. The average Bonchev–Trinajstić information content (AvgIpc) is 3.49. The first-order valence-corrected chi connectivity index (χ1v) is 30.5. The number of aryl methyl sites for hydroxylation is 7. The van der Waals surface area contributed by atoms with E-state index in [9.17, 15) is 0 Å². The molecule has 79 heavy (non-hydrogen) atoms. The van der Waals surface area contributed by atoms with Crippen LogP contribution in [0.5, 0.6) is 11.5 Å². The molecule has 0 atom stereocenters. The van der Waals surface area contributed by atoms with Crippen molar-refractivity contribution in [1.82, 2.24) is 19.1 Å². The first kappa shape index (κ1) is 49.0. The molecule has 12 heteroatoms. The molecule has 4 aromatic carbocycles. The van der Waals surface area contributed by atoms with Crippen LogP contribution in [-0.2, 0) is 51.4 Å². The van der Waals surface area contributed by atoms with Crippen LogP contribution in [0.4, 0.5) is 22.7 Å². The third-order valence-corrected chi connectivity index (χ3v) is 18.8. The molecule has 0 aromatic heterocycles. The summed E-state index contributed by atoms with van der Waals surface area (Å²) in [4.78, 5) is 27.4. The molecule has 0 saturated heterocycles. The molecule has 404 valence electrons. The molecule has 0 N–H and O–H groups in total. The zero-order chi connectivity index (χ0) is 52.9. The predicted octanol–water partition coefficient (Wildman–Crippen LogP) is 10.1. The highest BCUT2D eigenvalue weighted by molar-refractivity contribution is 5.89. The van der Waals surface area contributed by atoms with Crippen molar-refractivity contribution < 1.29 is 13.6 Å². The Morgan fingerprint density at radius 1 is 0.544 bits per heavy atom. The summed E-state index contributed by atoms with van der Waals surface area (Å²) in [7, 11) is 0. The van der Waals surface area contributed by atoms with Crippen LogP contribution in [0.3, 0.4) is 0 Å². The monoisotopic (exact) mass is 1050 g/mol. The van der Waals surface area contributed by atoms with E-state index in [1.807, 2.05) is 6.07 Å². The van der Waals surface area contributed by atoms with E-state index < -0.39 is 0 Å². The van der Waals surface area contributed by atoms with E-state index in [0.29, 0.717) is 0 Å². The van der Waals surface area contributed by atoms with Gasteiger partial charge in [0.1, 0.15) is 59.6 Å². The molecule has 0 unspecified atom stereocenters. The lowest BCUT2D eigenvalue weighted by Crippen LogP contribution is -2.45. The highest BCUT2D eigenvalue weighted by Gasteiger charge is 2.35. The summed E-state index contributed by atoms with van der Waals surface area (Å²) in [6, 6.07) is 19.7. The van der Waals surface area contributed by atoms with Gasteiger partial charge in [-0.1, -0.05) is 0 Å². The fourth-order valence-corrected chi connectivity index (χ4v) is 15.4. The van der Waals surface area contributed by atoms with Crippen LogP contribution < -0.4 is 50.0 Å². The van der Waals surface area contributed by atoms with E-state index >= 15 is 0 Å². The van der Waals surface area contributed by atoms with Crippen LogP contribution in [0.15, 0.2) is 73.4 Å². The molecule has 13 aliphatic rings. The minimum absolute atomic E-state index is 0.779. The summed E-state index contributed by atoms with van der Waals surface area (Å²) in [6.45, 7) is 20.8. The third kappa shape index (κ3) is 8.34. The van der Waals surface area contributed by atoms with Crippen molar-refractivity contribution in [2.75, 3.05) is 86.7 Å². The van der Waals surface area contributed by atoms with Gasteiger partial charge in [0.05, 0.1) is 17.0 Å². The van der Waals surface area contributed by atoms with Gasteiger partial charge < -0.3 is 28.3 Å². The molecular formula is C67H75N9O3+2. The topological polar surface area (TPSA) is 102 Å². The van der Waals surface area contributed by atoms with Crippen LogP contribution in [0.2, 0.25) is 0 Å². The van der Waals surface area contributed by atoms with Crippen molar-refractivity contribution in [2.24, 2.45) is 9.98 Å². The van der Waals surface area contributed by atoms with Crippen molar-refractivity contribution in [3.05, 3.63) is 126 Å². The van der Waals surface area contributed by atoms with E-state index in [0.717, 1.165) is 137 Å². The van der Waals surface area contributed by atoms with Crippen LogP contribution in [0.25, 0.3) is 45.1 Å². The SMILES string of the molecule is CCN=c1cc2oc3c4c5c(cc3nc-2cc1C)CCCN5CCC4.CC[N+](CC)=c1ccc2nc3cc4c5c(c3oc-2c1)CCCN5CCC4.c1c2c3c(c4c1N=c1cc5c6c(c1O4)CCC[N+]=6CCC5)CCCN3CCC2. The maximum atomic E-state index is 6.77. The number of ether oxygens (including phenoxy) is 1. The number of anilines is 3. The maximum Gasteiger partial charge on any atom is 0.210 e. The van der Waals surface area contributed by atoms with Gasteiger partial charge in [-0.25, -0.2) is 24.1 Å². The van der Waals surface area contributed by atoms with Gasteiger partial charge in [-0.15, -0.1) is 0 Å². The fourth-order valence-electron chi connectivity index (χ4n) is 15.4. The molecule has 0 amide bonds. The Bertz CT molecular complexity index is 4020. The first-order valence-electron chi connectivity index (χ1n) is 30.5. The predicted molar refractivity (Wildman–Crippen MR) is 316 cm³/mol. The molecule has 0 spiro atoms. The summed E-state index contributed by atoms with van der Waals surface area (Å²) in [6.07, 6.45) is 19.0. The number of hydrogen-bond donors (Lipinski definition) is 0. The summed E-state index contributed by atoms with van der Waals surface area (Å²) >= 11 is 0. The van der Waals surface area contributed by atoms with Gasteiger partial charge in [0, 0.05) is 110 Å². The van der Waals surface area contributed by atoms with E-state index in [-0.39, 0.29) is 0 Å². The van der Waals surface area contributed by atoms with Crippen molar-refractivity contribution >= 4 is 44.9 Å². The lowest BCUT2D eigenvalue weighted by Gasteiger charge is -2.38. The zero-order valence-corrected chi connectivity index (χ0v) is 47.0. The number of aromatic nitrogens is 2. The van der Waals surface area contributed by atoms with Gasteiger partial charge in [0.15, 0.2) is 34.2 Å². The van der Waals surface area contributed by atoms with Gasteiger partial charge >= 0.3 is 0 Å². The van der Waals surface area contributed by atoms with Gasteiger partial charge in [0.2, 0.25) is 10.7 Å². The number of hydrogen-bond acceptors (Lipinski definition) is 10. The Balaban J connectivity index is 0.000000103. The van der Waals surface area contributed by atoms with Crippen LogP contribution in [0.1, 0.15) is 122 Å². The molecule has 12 nitrogen and oxygen atoms in total. The summed E-state index contributed by atoms with van der Waals surface area (Å²) in [5.41, 5.74) is 23.9. The molecule has 0 bridgehead atoms. The van der Waals surface area contributed by atoms with Gasteiger partial charge in [-0.2, -0.15) is 0 Å². The average molecular weight is 1050 g/mol. The van der Waals surface area contributed by atoms with E-state index in [2.05, 4.69) is 105 Å². The van der Waals surface area contributed by atoms with Gasteiger partial charge in [0.25, 0.3) is 0 Å². The minimum Gasteiger partial charge on any atom is -0.452 e. The second-order valence-electron chi connectivity index (χ2n) is 23.7. The Morgan fingerprint density at radius 2 is 1.09 bits per heavy atom. The zero-order valence-electron chi connectivity index (χ0n) is 47.0. The van der Waals surface area contributed by atoms with Crippen LogP contribution >= 0.6 is 0 Å². The Morgan fingerprint density at radius 3 is 1.72 bits per heavy atom. The van der Waals surface area contributed by atoms with E-state index in [4.69, 9.17) is 28.5 Å². The van der Waals surface area contributed by atoms with E-state index in [1.165, 1.54) is 189 Å². The van der Waals surface area contributed by atoms with Crippen LogP contribution in [-0.4, -0.2) is 82.0 Å². The molecule has 11 aliphatic heterocycles. The van der Waals surface area contributed by atoms with E-state index in [1.54, 1.807) is 0 Å². The largest absolute Gasteiger partial charge is 0.452 e. The minimum atomic E-state index is 0.779. The normalized spacial score (nSPS) is 18.3. The third-order valence-electron chi connectivity index (χ3n) is 18.8. The van der Waals surface area contributed by atoms with Crippen molar-refractivity contribution in [3.8, 4) is 34.4 Å². The smallest absolute Gasteiger partial charge is 0.210 e. The maximum absolute atomic E-state index is 6.77. The summed E-state index contributed by atoms with van der Waals surface area (Å²) < 4.78 is 24.6. The lowest BCUT2D eigenvalue weighted by atomic mass is 9.90. The highest BCUT2D eigenvalue weighted by atomic mass is 16.5. The van der Waals surface area contributed by atoms with Crippen molar-refractivity contribution in [1.29, 1.82) is 0 Å². The fraction of sp³-hybridized carbons (Fsp3) is 0.463. The first-order chi connectivity index (χ1) is 38.9. The molecule has 0 saturated carbocycles. The number of nitrogens with zero attached hydrogens (tertiary/aromatic N) is 9. The molecule has 0 fully saturated rings. The van der Waals surface area contributed by atoms with Crippen molar-refractivity contribution in [3.63, 3.8) is 0 Å². The van der Waals surface area contributed by atoms with Crippen LogP contribution in [0, 0.1) is 6.92 Å². The lowest BCUT2D eigenvalue weighted by molar-refractivity contribution is 0.429. The molecule has 17 rings (SSSR count). The quantitative estimate of drug-likeness (QED) is 0.127. The molecule has 2 aliphatic carbocycles. The van der Waals surface area contributed by atoms with Gasteiger partial charge in [-0.3, -0.25) is 4.99 Å².